The summed E-state index contributed by atoms with van der Waals surface area (Å²) in [7, 11) is 0. The summed E-state index contributed by atoms with van der Waals surface area (Å²) in [5, 5.41) is 7.21. The van der Waals surface area contributed by atoms with Gasteiger partial charge >= 0.3 is 0 Å². The van der Waals surface area contributed by atoms with Gasteiger partial charge < -0.3 is 10.6 Å². The third-order valence-corrected chi connectivity index (χ3v) is 7.34. The van der Waals surface area contributed by atoms with Crippen molar-refractivity contribution in [3.63, 3.8) is 0 Å². The minimum atomic E-state index is 0. The van der Waals surface area contributed by atoms with Gasteiger partial charge in [-0.25, -0.2) is 0 Å². The van der Waals surface area contributed by atoms with E-state index < -0.39 is 0 Å². The van der Waals surface area contributed by atoms with E-state index in [2.05, 4.69) is 10.6 Å². The van der Waals surface area contributed by atoms with Gasteiger partial charge in [0.2, 0.25) is 5.91 Å². The van der Waals surface area contributed by atoms with Crippen LogP contribution in [0.1, 0.15) is 19.3 Å². The summed E-state index contributed by atoms with van der Waals surface area (Å²) in [6.07, 6.45) is 3.52. The van der Waals surface area contributed by atoms with Gasteiger partial charge in [-0.15, -0.1) is 12.4 Å². The zero-order chi connectivity index (χ0) is 12.4. The molecular formula is C13H23ClN2OS2. The number of amides is 1. The average molecular weight is 323 g/mol. The van der Waals surface area contributed by atoms with Crippen LogP contribution in [0.5, 0.6) is 0 Å². The molecule has 0 aromatic rings. The Morgan fingerprint density at radius 3 is 2.79 bits per heavy atom. The van der Waals surface area contributed by atoms with E-state index in [1.165, 1.54) is 30.1 Å². The molecule has 2 unspecified atom stereocenters. The summed E-state index contributed by atoms with van der Waals surface area (Å²) in [6.45, 7) is 3.07. The molecule has 2 N–H and O–H groups in total. The second-order valence-electron chi connectivity index (χ2n) is 5.68. The van der Waals surface area contributed by atoms with E-state index in [1.54, 1.807) is 0 Å². The maximum absolute atomic E-state index is 12.2. The Morgan fingerprint density at radius 1 is 1.32 bits per heavy atom. The number of hydrogen-bond donors (Lipinski definition) is 2. The molecular weight excluding hydrogens is 300 g/mol. The van der Waals surface area contributed by atoms with Gasteiger partial charge in [-0.05, 0) is 37.8 Å². The summed E-state index contributed by atoms with van der Waals surface area (Å²) in [6, 6.07) is 0. The lowest BCUT2D eigenvalue weighted by Gasteiger charge is -2.24. The van der Waals surface area contributed by atoms with Gasteiger partial charge in [0.15, 0.2) is 0 Å². The van der Waals surface area contributed by atoms with Crippen molar-refractivity contribution in [2.24, 2.45) is 11.3 Å². The summed E-state index contributed by atoms with van der Waals surface area (Å²) in [4.78, 5) is 12.2. The van der Waals surface area contributed by atoms with E-state index >= 15 is 0 Å². The number of carbonyl (C=O) groups excluding carboxylic acids is 1. The molecule has 1 saturated carbocycles. The molecule has 0 radical (unpaired) electrons. The summed E-state index contributed by atoms with van der Waals surface area (Å²) in [5.74, 6) is 4.36. The highest BCUT2D eigenvalue weighted by Crippen LogP contribution is 2.58. The molecule has 2 aliphatic heterocycles. The predicted molar refractivity (Wildman–Crippen MR) is 86.5 cm³/mol. The molecule has 0 aromatic carbocycles. The van der Waals surface area contributed by atoms with E-state index in [4.69, 9.17) is 0 Å². The van der Waals surface area contributed by atoms with Crippen LogP contribution < -0.4 is 10.6 Å². The van der Waals surface area contributed by atoms with E-state index in [0.717, 1.165) is 26.1 Å². The van der Waals surface area contributed by atoms with Crippen molar-refractivity contribution in [3.8, 4) is 0 Å². The maximum Gasteiger partial charge on any atom is 0.223 e. The molecule has 1 spiro atoms. The highest BCUT2D eigenvalue weighted by Gasteiger charge is 2.57. The molecule has 3 aliphatic rings. The second-order valence-corrected chi connectivity index (χ2v) is 8.24. The van der Waals surface area contributed by atoms with Crippen LogP contribution >= 0.6 is 35.9 Å². The van der Waals surface area contributed by atoms with Crippen LogP contribution in [0.3, 0.4) is 0 Å². The minimum absolute atomic E-state index is 0. The zero-order valence-corrected chi connectivity index (χ0v) is 13.6. The van der Waals surface area contributed by atoms with Crippen molar-refractivity contribution in [2.75, 3.05) is 36.9 Å². The minimum Gasteiger partial charge on any atom is -0.355 e. The molecule has 6 heteroatoms. The Hall–Kier alpha value is 0.420. The van der Waals surface area contributed by atoms with Crippen LogP contribution in [0, 0.1) is 11.3 Å². The van der Waals surface area contributed by atoms with Crippen LogP contribution in [-0.2, 0) is 4.79 Å². The lowest BCUT2D eigenvalue weighted by Crippen LogP contribution is -2.37. The molecule has 2 heterocycles. The van der Waals surface area contributed by atoms with Gasteiger partial charge in [0.1, 0.15) is 0 Å². The Bertz CT molecular complexity index is 318. The molecule has 3 rings (SSSR count). The van der Waals surface area contributed by atoms with Crippen LogP contribution in [0.4, 0.5) is 0 Å². The molecule has 1 amide bonds. The molecule has 1 aliphatic carbocycles. The van der Waals surface area contributed by atoms with Crippen LogP contribution in [0.25, 0.3) is 0 Å². The van der Waals surface area contributed by atoms with Crippen molar-refractivity contribution in [3.05, 3.63) is 0 Å². The quantitative estimate of drug-likeness (QED) is 0.831. The van der Waals surface area contributed by atoms with Gasteiger partial charge in [-0.2, -0.15) is 23.5 Å². The topological polar surface area (TPSA) is 41.1 Å². The van der Waals surface area contributed by atoms with Crippen molar-refractivity contribution in [1.29, 1.82) is 0 Å². The Kier molecular flexibility index (Phi) is 5.76. The molecule has 19 heavy (non-hydrogen) atoms. The number of hydrogen-bond acceptors (Lipinski definition) is 4. The van der Waals surface area contributed by atoms with E-state index in [9.17, 15) is 4.79 Å². The lowest BCUT2D eigenvalue weighted by atomic mass is 9.92. The van der Waals surface area contributed by atoms with Gasteiger partial charge in [-0.1, -0.05) is 0 Å². The zero-order valence-electron chi connectivity index (χ0n) is 11.2. The number of carbonyl (C=O) groups is 1. The predicted octanol–water partition coefficient (Wildman–Crippen LogP) is 1.76. The summed E-state index contributed by atoms with van der Waals surface area (Å²) in [5.41, 5.74) is 0.379. The Balaban J connectivity index is 0.00000133. The molecule has 3 nitrogen and oxygen atoms in total. The number of nitrogens with one attached hydrogen (secondary N) is 2. The monoisotopic (exact) mass is 322 g/mol. The average Bonchev–Trinajstić information content (AvgIpc) is 3.12. The first-order chi connectivity index (χ1) is 8.80. The number of rotatable bonds is 3. The highest BCUT2D eigenvalue weighted by atomic mass is 35.5. The molecule has 3 fully saturated rings. The fourth-order valence-electron chi connectivity index (χ4n) is 3.19. The van der Waals surface area contributed by atoms with Crippen molar-refractivity contribution in [2.45, 2.75) is 24.5 Å². The maximum atomic E-state index is 12.2. The largest absolute Gasteiger partial charge is 0.355 e. The van der Waals surface area contributed by atoms with Gasteiger partial charge in [0.25, 0.3) is 0 Å². The SMILES string of the molecule is Cl.O=C(NCC1CSCCS1)C1CC12CCNCC2. The summed E-state index contributed by atoms with van der Waals surface area (Å²) < 4.78 is 0. The smallest absolute Gasteiger partial charge is 0.223 e. The Labute approximate surface area is 130 Å². The third-order valence-electron chi connectivity index (χ3n) is 4.49. The first-order valence-corrected chi connectivity index (χ1v) is 9.18. The van der Waals surface area contributed by atoms with Crippen LogP contribution in [-0.4, -0.2) is 48.0 Å². The molecule has 2 saturated heterocycles. The van der Waals surface area contributed by atoms with Gasteiger partial charge in [-0.3, -0.25) is 4.79 Å². The molecule has 2 atom stereocenters. The molecule has 110 valence electrons. The standard InChI is InChI=1S/C13H22N2OS2.ClH/c16-12(15-8-10-9-17-5-6-18-10)11-7-13(11)1-3-14-4-2-13;/h10-11,14H,1-9H2,(H,15,16);1H. The number of piperidine rings is 1. The highest BCUT2D eigenvalue weighted by molar-refractivity contribution is 8.06. The van der Waals surface area contributed by atoms with Crippen molar-refractivity contribution in [1.82, 2.24) is 10.6 Å². The number of thioether (sulfide) groups is 2. The fourth-order valence-corrected chi connectivity index (χ4v) is 5.80. The van der Waals surface area contributed by atoms with E-state index in [-0.39, 0.29) is 12.4 Å². The van der Waals surface area contributed by atoms with Crippen LogP contribution in [0.2, 0.25) is 0 Å². The van der Waals surface area contributed by atoms with Gasteiger partial charge in [0.05, 0.1) is 0 Å². The van der Waals surface area contributed by atoms with Crippen molar-refractivity contribution < 1.29 is 4.79 Å². The van der Waals surface area contributed by atoms with Gasteiger partial charge in [0, 0.05) is 35.0 Å². The first kappa shape index (κ1) is 15.8. The normalized spacial score (nSPS) is 32.4. The third kappa shape index (κ3) is 3.74. The summed E-state index contributed by atoms with van der Waals surface area (Å²) >= 11 is 4.04. The van der Waals surface area contributed by atoms with Crippen molar-refractivity contribution >= 4 is 41.8 Å². The molecule has 0 aromatic heterocycles. The second kappa shape index (κ2) is 6.92. The van der Waals surface area contributed by atoms with Crippen LogP contribution in [0.15, 0.2) is 0 Å². The van der Waals surface area contributed by atoms with E-state index in [1.807, 2.05) is 23.5 Å². The number of halogens is 1. The lowest BCUT2D eigenvalue weighted by molar-refractivity contribution is -0.123. The molecule has 0 bridgehead atoms. The van der Waals surface area contributed by atoms with E-state index in [0.29, 0.717) is 22.5 Å². The first-order valence-electron chi connectivity index (χ1n) is 6.98. The fraction of sp³-hybridized carbons (Fsp3) is 0.923. The Morgan fingerprint density at radius 2 is 2.11 bits per heavy atom.